The summed E-state index contributed by atoms with van der Waals surface area (Å²) in [7, 11) is 3.47. The lowest BCUT2D eigenvalue weighted by molar-refractivity contribution is -0.141. The van der Waals surface area contributed by atoms with Crippen LogP contribution in [-0.2, 0) is 16.0 Å². The molecule has 1 aliphatic heterocycles. The summed E-state index contributed by atoms with van der Waals surface area (Å²) in [4.78, 5) is 31.1. The Morgan fingerprint density at radius 3 is 2.96 bits per heavy atom. The topological polar surface area (TPSA) is 56.4 Å². The molecule has 0 bridgehead atoms. The molecule has 1 atom stereocenters. The Morgan fingerprint density at radius 1 is 1.35 bits per heavy atom. The van der Waals surface area contributed by atoms with Crippen LogP contribution in [0.2, 0.25) is 0 Å². The molecule has 1 aliphatic rings. The van der Waals surface area contributed by atoms with E-state index in [2.05, 4.69) is 11.1 Å². The van der Waals surface area contributed by atoms with E-state index in [-0.39, 0.29) is 17.9 Å². The number of nitrogens with zero attached hydrogens (tertiary/aromatic N) is 2. The fraction of sp³-hybridized carbons (Fsp3) is 0.412. The number of aromatic nitrogens is 1. The van der Waals surface area contributed by atoms with Gasteiger partial charge in [-0.15, -0.1) is 11.8 Å². The predicted molar refractivity (Wildman–Crippen MR) is 93.3 cm³/mol. The molecule has 0 radical (unpaired) electrons. The third kappa shape index (κ3) is 3.37. The second kappa shape index (κ2) is 6.66. The van der Waals surface area contributed by atoms with Gasteiger partial charge in [0.15, 0.2) is 0 Å². The van der Waals surface area contributed by atoms with Crippen molar-refractivity contribution in [2.24, 2.45) is 0 Å². The SMILES string of the molecule is CN(C)C(=O)C1CSCN1C(=O)CCc1ccc2[nH]ccc2c1. The third-order valence-corrected chi connectivity index (χ3v) is 5.19. The van der Waals surface area contributed by atoms with E-state index in [0.717, 1.165) is 16.5 Å². The molecule has 23 heavy (non-hydrogen) atoms. The average Bonchev–Trinajstić information content (AvgIpc) is 3.19. The van der Waals surface area contributed by atoms with Crippen LogP contribution in [0.4, 0.5) is 0 Å². The Balaban J connectivity index is 1.63. The number of carbonyl (C=O) groups excluding carboxylic acids is 2. The van der Waals surface area contributed by atoms with Crippen LogP contribution in [-0.4, -0.2) is 58.4 Å². The van der Waals surface area contributed by atoms with Crippen molar-refractivity contribution in [1.29, 1.82) is 0 Å². The predicted octanol–water partition coefficient (Wildman–Crippen LogP) is 2.09. The molecule has 1 N–H and O–H groups in total. The number of fused-ring (bicyclic) bond motifs is 1. The number of rotatable bonds is 4. The van der Waals surface area contributed by atoms with Gasteiger partial charge in [0.2, 0.25) is 11.8 Å². The molecule has 122 valence electrons. The van der Waals surface area contributed by atoms with Crippen molar-refractivity contribution in [2.75, 3.05) is 25.7 Å². The first-order valence-corrected chi connectivity index (χ1v) is 8.86. The van der Waals surface area contributed by atoms with Crippen LogP contribution in [0.15, 0.2) is 30.5 Å². The van der Waals surface area contributed by atoms with Gasteiger partial charge in [-0.25, -0.2) is 0 Å². The highest BCUT2D eigenvalue weighted by Gasteiger charge is 2.34. The molecule has 6 heteroatoms. The Labute approximate surface area is 140 Å². The van der Waals surface area contributed by atoms with Gasteiger partial charge in [0.1, 0.15) is 6.04 Å². The van der Waals surface area contributed by atoms with Gasteiger partial charge >= 0.3 is 0 Å². The van der Waals surface area contributed by atoms with Crippen molar-refractivity contribution in [3.8, 4) is 0 Å². The lowest BCUT2D eigenvalue weighted by Gasteiger charge is -2.25. The lowest BCUT2D eigenvalue weighted by atomic mass is 10.1. The van der Waals surface area contributed by atoms with Crippen LogP contribution >= 0.6 is 11.8 Å². The van der Waals surface area contributed by atoms with Crippen molar-refractivity contribution in [3.05, 3.63) is 36.0 Å². The summed E-state index contributed by atoms with van der Waals surface area (Å²) >= 11 is 1.64. The molecule has 2 aromatic rings. The number of thioether (sulfide) groups is 1. The maximum Gasteiger partial charge on any atom is 0.245 e. The number of benzene rings is 1. The fourth-order valence-corrected chi connectivity index (χ4v) is 4.02. The summed E-state index contributed by atoms with van der Waals surface area (Å²) in [6, 6.07) is 7.92. The maximum atomic E-state index is 12.5. The second-order valence-corrected chi connectivity index (χ2v) is 7.01. The fourth-order valence-electron chi connectivity index (χ4n) is 2.84. The van der Waals surface area contributed by atoms with Crippen LogP contribution in [0.5, 0.6) is 0 Å². The van der Waals surface area contributed by atoms with Crippen LogP contribution < -0.4 is 0 Å². The van der Waals surface area contributed by atoms with Crippen molar-refractivity contribution < 1.29 is 9.59 Å². The summed E-state index contributed by atoms with van der Waals surface area (Å²) < 4.78 is 0. The Kier molecular flexibility index (Phi) is 4.61. The van der Waals surface area contributed by atoms with E-state index in [4.69, 9.17) is 0 Å². The standard InChI is InChI=1S/C17H21N3O2S/c1-19(2)17(22)15-10-23-11-20(15)16(21)6-4-12-3-5-14-13(9-12)7-8-18-14/h3,5,7-9,15,18H,4,6,10-11H2,1-2H3. The van der Waals surface area contributed by atoms with Gasteiger partial charge in [0, 0.05) is 38.0 Å². The Morgan fingerprint density at radius 2 is 2.17 bits per heavy atom. The zero-order valence-corrected chi connectivity index (χ0v) is 14.2. The summed E-state index contributed by atoms with van der Waals surface area (Å²) in [6.07, 6.45) is 3.05. The minimum Gasteiger partial charge on any atom is -0.361 e. The molecule has 5 nitrogen and oxygen atoms in total. The van der Waals surface area contributed by atoms with Gasteiger partial charge in [-0.2, -0.15) is 0 Å². The average molecular weight is 331 g/mol. The smallest absolute Gasteiger partial charge is 0.245 e. The largest absolute Gasteiger partial charge is 0.361 e. The number of hydrogen-bond acceptors (Lipinski definition) is 3. The number of aryl methyl sites for hydroxylation is 1. The van der Waals surface area contributed by atoms with Gasteiger partial charge in [0.25, 0.3) is 0 Å². The number of amides is 2. The quantitative estimate of drug-likeness (QED) is 0.933. The van der Waals surface area contributed by atoms with Gasteiger partial charge in [0.05, 0.1) is 5.88 Å². The molecule has 1 aromatic heterocycles. The van der Waals surface area contributed by atoms with Crippen molar-refractivity contribution in [2.45, 2.75) is 18.9 Å². The molecule has 0 saturated carbocycles. The first-order valence-electron chi connectivity index (χ1n) is 7.70. The molecule has 1 unspecified atom stereocenters. The number of H-pyrrole nitrogens is 1. The van der Waals surface area contributed by atoms with E-state index in [0.29, 0.717) is 24.5 Å². The van der Waals surface area contributed by atoms with Crippen molar-refractivity contribution in [3.63, 3.8) is 0 Å². The number of likely N-dealkylation sites (N-methyl/N-ethyl adjacent to an activating group) is 1. The molecular weight excluding hydrogens is 310 g/mol. The van der Waals surface area contributed by atoms with Gasteiger partial charge in [-0.3, -0.25) is 9.59 Å². The summed E-state index contributed by atoms with van der Waals surface area (Å²) in [6.45, 7) is 0. The zero-order valence-electron chi connectivity index (χ0n) is 13.4. The van der Waals surface area contributed by atoms with Crippen LogP contribution in [0, 0.1) is 0 Å². The first-order chi connectivity index (χ1) is 11.1. The second-order valence-electron chi connectivity index (χ2n) is 6.01. The third-order valence-electron chi connectivity index (χ3n) is 4.17. The summed E-state index contributed by atoms with van der Waals surface area (Å²) in [5.41, 5.74) is 2.25. The van der Waals surface area contributed by atoms with E-state index < -0.39 is 0 Å². The zero-order chi connectivity index (χ0) is 16.4. The first kappa shape index (κ1) is 15.9. The van der Waals surface area contributed by atoms with E-state index in [1.54, 1.807) is 35.7 Å². The number of hydrogen-bond donors (Lipinski definition) is 1. The lowest BCUT2D eigenvalue weighted by Crippen LogP contribution is -2.46. The normalized spacial score (nSPS) is 17.7. The van der Waals surface area contributed by atoms with Crippen molar-refractivity contribution >= 4 is 34.5 Å². The van der Waals surface area contributed by atoms with Gasteiger partial charge < -0.3 is 14.8 Å². The Bertz CT molecular complexity index is 725. The molecule has 1 aromatic carbocycles. The minimum absolute atomic E-state index is 0.0112. The highest BCUT2D eigenvalue weighted by atomic mass is 32.2. The minimum atomic E-state index is -0.311. The number of carbonyl (C=O) groups is 2. The Hall–Kier alpha value is -1.95. The molecule has 2 heterocycles. The van der Waals surface area contributed by atoms with E-state index in [1.807, 2.05) is 24.4 Å². The van der Waals surface area contributed by atoms with E-state index in [9.17, 15) is 9.59 Å². The molecule has 3 rings (SSSR count). The highest BCUT2D eigenvalue weighted by molar-refractivity contribution is 7.99. The molecule has 0 spiro atoms. The van der Waals surface area contributed by atoms with Crippen molar-refractivity contribution in [1.82, 2.24) is 14.8 Å². The van der Waals surface area contributed by atoms with Gasteiger partial charge in [-0.1, -0.05) is 6.07 Å². The van der Waals surface area contributed by atoms with Crippen LogP contribution in [0.25, 0.3) is 10.9 Å². The molecule has 1 fully saturated rings. The highest BCUT2D eigenvalue weighted by Crippen LogP contribution is 2.23. The number of aromatic amines is 1. The van der Waals surface area contributed by atoms with E-state index in [1.165, 1.54) is 0 Å². The summed E-state index contributed by atoms with van der Waals surface area (Å²) in [5, 5.41) is 1.16. The molecule has 1 saturated heterocycles. The van der Waals surface area contributed by atoms with Gasteiger partial charge in [-0.05, 0) is 35.6 Å². The molecular formula is C17H21N3O2S. The van der Waals surface area contributed by atoms with E-state index >= 15 is 0 Å². The number of nitrogens with one attached hydrogen (secondary N) is 1. The monoisotopic (exact) mass is 331 g/mol. The van der Waals surface area contributed by atoms with Crippen LogP contribution in [0.1, 0.15) is 12.0 Å². The molecule has 0 aliphatic carbocycles. The molecule has 2 amide bonds. The summed E-state index contributed by atoms with van der Waals surface area (Å²) in [5.74, 6) is 1.37. The van der Waals surface area contributed by atoms with Crippen LogP contribution in [0.3, 0.4) is 0 Å². The maximum absolute atomic E-state index is 12.5.